The van der Waals surface area contributed by atoms with Crippen molar-refractivity contribution >= 4 is 29.2 Å². The highest BCUT2D eigenvalue weighted by molar-refractivity contribution is 6.35. The fourth-order valence-corrected chi connectivity index (χ4v) is 2.71. The zero-order chi connectivity index (χ0) is 18.2. The van der Waals surface area contributed by atoms with Crippen molar-refractivity contribution < 1.29 is 27.5 Å². The summed E-state index contributed by atoms with van der Waals surface area (Å²) in [5.74, 6) is -1.31. The first kappa shape index (κ1) is 17.1. The van der Waals surface area contributed by atoms with Crippen LogP contribution in [0.2, 0.25) is 5.02 Å². The minimum absolute atomic E-state index is 0.104. The van der Waals surface area contributed by atoms with Crippen LogP contribution in [-0.2, 0) is 4.79 Å². The van der Waals surface area contributed by atoms with Crippen LogP contribution >= 0.6 is 11.6 Å². The van der Waals surface area contributed by atoms with E-state index in [9.17, 15) is 22.8 Å². The van der Waals surface area contributed by atoms with Crippen molar-refractivity contribution in [1.82, 2.24) is 5.32 Å². The molecule has 0 saturated carbocycles. The van der Waals surface area contributed by atoms with E-state index in [1.165, 1.54) is 30.3 Å². The Kier molecular flexibility index (Phi) is 4.30. The van der Waals surface area contributed by atoms with Crippen LogP contribution in [0.3, 0.4) is 0 Å². The number of carbonyl (C=O) groups excluding carboxylic acids is 2. The molecule has 1 aliphatic heterocycles. The van der Waals surface area contributed by atoms with Crippen LogP contribution in [-0.4, -0.2) is 18.3 Å². The molecule has 1 fully saturated rings. The van der Waals surface area contributed by atoms with Crippen LogP contribution in [0, 0.1) is 0 Å². The molecule has 0 aliphatic carbocycles. The number of nitrogens with one attached hydrogen (secondary N) is 1. The predicted molar refractivity (Wildman–Crippen MR) is 83.3 cm³/mol. The third-order valence-corrected chi connectivity index (χ3v) is 3.81. The van der Waals surface area contributed by atoms with E-state index < -0.39 is 30.1 Å². The minimum Gasteiger partial charge on any atom is -0.405 e. The van der Waals surface area contributed by atoms with Gasteiger partial charge in [-0.25, -0.2) is 9.69 Å². The number of benzene rings is 2. The number of rotatable bonds is 3. The second kappa shape index (κ2) is 6.29. The number of imide groups is 1. The third kappa shape index (κ3) is 3.39. The molecule has 0 radical (unpaired) electrons. The zero-order valence-corrected chi connectivity index (χ0v) is 13.1. The molecule has 130 valence electrons. The van der Waals surface area contributed by atoms with Gasteiger partial charge < -0.3 is 10.1 Å². The Hall–Kier alpha value is -2.74. The summed E-state index contributed by atoms with van der Waals surface area (Å²) < 4.78 is 41.6. The summed E-state index contributed by atoms with van der Waals surface area (Å²) in [6.07, 6.45) is -4.93. The van der Waals surface area contributed by atoms with Gasteiger partial charge in [0.1, 0.15) is 11.8 Å². The number of anilines is 1. The lowest BCUT2D eigenvalue weighted by molar-refractivity contribution is -0.275. The average molecular weight is 371 g/mol. The summed E-state index contributed by atoms with van der Waals surface area (Å²) >= 11 is 6.00. The Balaban J connectivity index is 1.97. The Morgan fingerprint density at radius 3 is 2.36 bits per heavy atom. The van der Waals surface area contributed by atoms with Crippen molar-refractivity contribution in [2.24, 2.45) is 0 Å². The molecular weight excluding hydrogens is 361 g/mol. The van der Waals surface area contributed by atoms with E-state index in [0.29, 0.717) is 0 Å². The van der Waals surface area contributed by atoms with E-state index in [-0.39, 0.29) is 16.3 Å². The topological polar surface area (TPSA) is 58.6 Å². The summed E-state index contributed by atoms with van der Waals surface area (Å²) in [6.45, 7) is 0. The first-order chi connectivity index (χ1) is 11.8. The standard InChI is InChI=1S/C16H10ClF3N2O3/c17-10-6-2-3-7-11(10)22-14(23)13(21-15(22)24)9-5-1-4-8-12(9)25-16(18,19)20/h1-8,13H,(H,21,24). The van der Waals surface area contributed by atoms with E-state index in [1.807, 2.05) is 0 Å². The van der Waals surface area contributed by atoms with E-state index in [2.05, 4.69) is 10.1 Å². The Morgan fingerprint density at radius 1 is 1.04 bits per heavy atom. The number of halogens is 4. The fraction of sp³-hybridized carbons (Fsp3) is 0.125. The molecule has 1 atom stereocenters. The second-order valence-corrected chi connectivity index (χ2v) is 5.50. The second-order valence-electron chi connectivity index (χ2n) is 5.09. The Morgan fingerprint density at radius 2 is 1.68 bits per heavy atom. The monoisotopic (exact) mass is 370 g/mol. The van der Waals surface area contributed by atoms with Crippen molar-refractivity contribution in [3.05, 3.63) is 59.1 Å². The molecule has 0 aromatic heterocycles. The van der Waals surface area contributed by atoms with Crippen LogP contribution in [0.1, 0.15) is 11.6 Å². The maximum atomic E-state index is 12.6. The van der Waals surface area contributed by atoms with Gasteiger partial charge in [0.05, 0.1) is 10.7 Å². The molecule has 3 amide bonds. The molecule has 9 heteroatoms. The summed E-state index contributed by atoms with van der Waals surface area (Å²) in [5, 5.41) is 2.51. The van der Waals surface area contributed by atoms with E-state index in [1.54, 1.807) is 12.1 Å². The molecule has 2 aromatic carbocycles. The van der Waals surface area contributed by atoms with Crippen molar-refractivity contribution in [3.63, 3.8) is 0 Å². The van der Waals surface area contributed by atoms with E-state index in [0.717, 1.165) is 11.0 Å². The summed E-state index contributed by atoms with van der Waals surface area (Å²) in [5.41, 5.74) is 0.0381. The van der Waals surface area contributed by atoms with Crippen LogP contribution in [0.15, 0.2) is 48.5 Å². The normalized spacial score (nSPS) is 17.6. The molecule has 25 heavy (non-hydrogen) atoms. The number of amides is 3. The number of para-hydroxylation sites is 2. The molecule has 0 spiro atoms. The number of carbonyl (C=O) groups is 2. The highest BCUT2D eigenvalue weighted by atomic mass is 35.5. The highest BCUT2D eigenvalue weighted by Gasteiger charge is 2.43. The molecule has 1 unspecified atom stereocenters. The first-order valence-electron chi connectivity index (χ1n) is 7.01. The Bertz CT molecular complexity index is 841. The predicted octanol–water partition coefficient (Wildman–Crippen LogP) is 4.04. The molecule has 1 saturated heterocycles. The molecule has 1 aliphatic rings. The van der Waals surface area contributed by atoms with Gasteiger partial charge in [0.15, 0.2) is 0 Å². The number of nitrogens with zero attached hydrogens (tertiary/aromatic N) is 1. The van der Waals surface area contributed by atoms with Gasteiger partial charge in [-0.1, -0.05) is 41.9 Å². The fourth-order valence-electron chi connectivity index (χ4n) is 2.49. The lowest BCUT2D eigenvalue weighted by Crippen LogP contribution is -2.30. The molecule has 5 nitrogen and oxygen atoms in total. The smallest absolute Gasteiger partial charge is 0.405 e. The van der Waals surface area contributed by atoms with Crippen molar-refractivity contribution in [3.8, 4) is 5.75 Å². The molecule has 2 aromatic rings. The summed E-state index contributed by atoms with van der Waals surface area (Å²) in [7, 11) is 0. The first-order valence-corrected chi connectivity index (χ1v) is 7.39. The van der Waals surface area contributed by atoms with Gasteiger partial charge in [-0.2, -0.15) is 0 Å². The molecule has 1 N–H and O–H groups in total. The number of ether oxygens (including phenoxy) is 1. The van der Waals surface area contributed by atoms with Gasteiger partial charge in [0.25, 0.3) is 5.91 Å². The minimum atomic E-state index is -4.93. The van der Waals surface area contributed by atoms with Gasteiger partial charge in [0, 0.05) is 5.56 Å². The van der Waals surface area contributed by atoms with Crippen molar-refractivity contribution in [2.75, 3.05) is 4.90 Å². The lowest BCUT2D eigenvalue weighted by Gasteiger charge is -2.17. The SMILES string of the molecule is O=C1NC(c2ccccc2OC(F)(F)F)C(=O)N1c1ccccc1Cl. The van der Waals surface area contributed by atoms with Crippen LogP contribution < -0.4 is 15.0 Å². The molecule has 0 bridgehead atoms. The Labute approximate surface area is 144 Å². The summed E-state index contributed by atoms with van der Waals surface area (Å²) in [6, 6.07) is 9.16. The molecule has 3 rings (SSSR count). The highest BCUT2D eigenvalue weighted by Crippen LogP contribution is 2.36. The number of hydrogen-bond acceptors (Lipinski definition) is 3. The van der Waals surface area contributed by atoms with E-state index in [4.69, 9.17) is 11.6 Å². The molecular formula is C16H10ClF3N2O3. The average Bonchev–Trinajstić information content (AvgIpc) is 2.82. The zero-order valence-electron chi connectivity index (χ0n) is 12.4. The largest absolute Gasteiger partial charge is 0.573 e. The van der Waals surface area contributed by atoms with Gasteiger partial charge in [-0.05, 0) is 18.2 Å². The van der Waals surface area contributed by atoms with Crippen LogP contribution in [0.25, 0.3) is 0 Å². The van der Waals surface area contributed by atoms with Gasteiger partial charge in [0.2, 0.25) is 0 Å². The summed E-state index contributed by atoms with van der Waals surface area (Å²) in [4.78, 5) is 25.6. The number of alkyl halides is 3. The van der Waals surface area contributed by atoms with Gasteiger partial charge >= 0.3 is 12.4 Å². The number of urea groups is 1. The van der Waals surface area contributed by atoms with Gasteiger partial charge in [-0.3, -0.25) is 4.79 Å². The third-order valence-electron chi connectivity index (χ3n) is 3.49. The maximum Gasteiger partial charge on any atom is 0.573 e. The van der Waals surface area contributed by atoms with Crippen molar-refractivity contribution in [1.29, 1.82) is 0 Å². The quantitative estimate of drug-likeness (QED) is 0.830. The lowest BCUT2D eigenvalue weighted by atomic mass is 10.1. The van der Waals surface area contributed by atoms with Crippen molar-refractivity contribution in [2.45, 2.75) is 12.4 Å². The number of hydrogen-bond donors (Lipinski definition) is 1. The van der Waals surface area contributed by atoms with Gasteiger partial charge in [-0.15, -0.1) is 13.2 Å². The van der Waals surface area contributed by atoms with E-state index >= 15 is 0 Å². The van der Waals surface area contributed by atoms with Crippen LogP contribution in [0.5, 0.6) is 5.75 Å². The maximum absolute atomic E-state index is 12.6. The van der Waals surface area contributed by atoms with Crippen LogP contribution in [0.4, 0.5) is 23.7 Å². The molecule has 1 heterocycles.